The summed E-state index contributed by atoms with van der Waals surface area (Å²) in [5.74, 6) is 0.306. The fraction of sp³-hybridized carbons (Fsp3) is 0.690. The highest BCUT2D eigenvalue weighted by Crippen LogP contribution is 2.47. The van der Waals surface area contributed by atoms with Gasteiger partial charge in [-0.25, -0.2) is 0 Å². The van der Waals surface area contributed by atoms with Gasteiger partial charge in [0.1, 0.15) is 18.3 Å². The molecule has 0 bridgehead atoms. The Hall–Kier alpha value is -2.41. The summed E-state index contributed by atoms with van der Waals surface area (Å²) in [6.45, 7) is 1.06. The van der Waals surface area contributed by atoms with Crippen LogP contribution in [-0.2, 0) is 20.7 Å². The zero-order valence-corrected chi connectivity index (χ0v) is 23.2. The maximum Gasteiger partial charge on any atom is 0.306 e. The van der Waals surface area contributed by atoms with E-state index in [1.54, 1.807) is 13.2 Å². The maximum absolute atomic E-state index is 12.3. The molecule has 11 heteroatoms. The van der Waals surface area contributed by atoms with E-state index in [1.807, 2.05) is 6.07 Å². The molecule has 1 aromatic heterocycles. The second-order valence-electron chi connectivity index (χ2n) is 10.7. The third kappa shape index (κ3) is 6.09. The first-order valence-corrected chi connectivity index (χ1v) is 14.2. The lowest BCUT2D eigenvalue weighted by Gasteiger charge is -2.47. The summed E-state index contributed by atoms with van der Waals surface area (Å²) in [4.78, 5) is 12.3. The molecule has 2 heterocycles. The van der Waals surface area contributed by atoms with Gasteiger partial charge in [0.2, 0.25) is 12.0 Å². The third-order valence-corrected chi connectivity index (χ3v) is 8.10. The number of esters is 1. The lowest BCUT2D eigenvalue weighted by molar-refractivity contribution is -0.322. The Morgan fingerprint density at radius 2 is 1.90 bits per heavy atom. The second-order valence-corrected chi connectivity index (χ2v) is 10.7. The Balaban J connectivity index is 1.80. The molecule has 0 unspecified atom stereocenters. The number of aliphatic hydroxyl groups is 5. The highest BCUT2D eigenvalue weighted by molar-refractivity contribution is 5.90. The number of furan rings is 1. The Kier molecular flexibility index (Phi) is 10.3. The summed E-state index contributed by atoms with van der Waals surface area (Å²) in [7, 11) is 1.45. The molecule has 2 aliphatic rings. The van der Waals surface area contributed by atoms with Crippen molar-refractivity contribution in [3.8, 4) is 11.5 Å². The molecule has 11 nitrogen and oxygen atoms in total. The van der Waals surface area contributed by atoms with Gasteiger partial charge in [-0.2, -0.15) is 0 Å². The first-order chi connectivity index (χ1) is 19.3. The molecular formula is C29H42O11. The van der Waals surface area contributed by atoms with Gasteiger partial charge in [-0.05, 0) is 56.6 Å². The molecule has 1 aliphatic carbocycles. The molecule has 0 amide bonds. The number of aliphatic hydroxyl groups excluding tert-OH is 4. The van der Waals surface area contributed by atoms with Gasteiger partial charge in [-0.1, -0.05) is 19.3 Å². The standard InChI is InChI=1S/C29H42O11/c1-3-37-22(32)11-10-18-14-19-20(17-8-5-4-6-9-17)16-38-25(19)26(36-2)24(18)40-28-29(35,12-7-13-30)27(34)23(33)21(15-31)39-28/h14,16-17,21,23,27-28,30-31,33-35H,3-13,15H2,1-2H3/t21-,23-,27+,28-,29-/m1/s1. The Morgan fingerprint density at radius 3 is 2.55 bits per heavy atom. The van der Waals surface area contributed by atoms with Gasteiger partial charge in [-0.15, -0.1) is 0 Å². The van der Waals surface area contributed by atoms with Gasteiger partial charge in [0.05, 0.1) is 26.6 Å². The fourth-order valence-corrected chi connectivity index (χ4v) is 5.91. The molecular weight excluding hydrogens is 524 g/mol. The fourth-order valence-electron chi connectivity index (χ4n) is 5.91. The minimum absolute atomic E-state index is 0.0520. The van der Waals surface area contributed by atoms with Crippen LogP contribution in [0.5, 0.6) is 11.5 Å². The average Bonchev–Trinajstić information content (AvgIpc) is 3.39. The molecule has 0 spiro atoms. The highest BCUT2D eigenvalue weighted by atomic mass is 16.7. The monoisotopic (exact) mass is 566 g/mol. The van der Waals surface area contributed by atoms with Gasteiger partial charge >= 0.3 is 5.97 Å². The van der Waals surface area contributed by atoms with E-state index in [4.69, 9.17) is 23.4 Å². The predicted octanol–water partition coefficient (Wildman–Crippen LogP) is 2.31. The Labute approximate surface area is 233 Å². The largest absolute Gasteiger partial charge is 0.490 e. The lowest BCUT2D eigenvalue weighted by Crippen LogP contribution is -2.68. The van der Waals surface area contributed by atoms with Crippen LogP contribution < -0.4 is 9.47 Å². The molecule has 1 saturated heterocycles. The number of carbonyl (C=O) groups is 1. The molecule has 2 aromatic rings. The number of rotatable bonds is 12. The molecule has 40 heavy (non-hydrogen) atoms. The van der Waals surface area contributed by atoms with Gasteiger partial charge < -0.3 is 48.9 Å². The number of aryl methyl sites for hydroxylation is 1. The van der Waals surface area contributed by atoms with Crippen molar-refractivity contribution in [2.45, 2.75) is 101 Å². The second kappa shape index (κ2) is 13.5. The lowest BCUT2D eigenvalue weighted by atomic mass is 9.83. The minimum Gasteiger partial charge on any atom is -0.490 e. The van der Waals surface area contributed by atoms with E-state index in [0.29, 0.717) is 17.1 Å². The topological polar surface area (TPSA) is 168 Å². The molecule has 1 saturated carbocycles. The molecule has 2 fully saturated rings. The van der Waals surface area contributed by atoms with Gasteiger partial charge in [-0.3, -0.25) is 4.79 Å². The third-order valence-electron chi connectivity index (χ3n) is 8.10. The normalized spacial score (nSPS) is 27.6. The van der Waals surface area contributed by atoms with Crippen LogP contribution in [0.1, 0.15) is 75.3 Å². The quantitative estimate of drug-likeness (QED) is 0.239. The number of hydrogen-bond donors (Lipinski definition) is 5. The highest BCUT2D eigenvalue weighted by Gasteiger charge is 2.56. The minimum atomic E-state index is -2.14. The molecule has 5 atom stereocenters. The summed E-state index contributed by atoms with van der Waals surface area (Å²) < 4.78 is 28.9. The van der Waals surface area contributed by atoms with Gasteiger partial charge in [0.15, 0.2) is 16.9 Å². The van der Waals surface area contributed by atoms with Gasteiger partial charge in [0, 0.05) is 24.0 Å². The van der Waals surface area contributed by atoms with Crippen molar-refractivity contribution >= 4 is 16.9 Å². The maximum atomic E-state index is 12.3. The zero-order valence-electron chi connectivity index (χ0n) is 23.2. The van der Waals surface area contributed by atoms with E-state index in [9.17, 15) is 30.3 Å². The SMILES string of the molecule is CCOC(=O)CCc1cc2c(C3CCCCC3)coc2c(OC)c1O[C@H]1O[C@H](CO)[C@@H](O)[C@H](O)[C@]1(O)CCCO. The Morgan fingerprint density at radius 1 is 1.15 bits per heavy atom. The van der Waals surface area contributed by atoms with Crippen LogP contribution in [0, 0.1) is 0 Å². The smallest absolute Gasteiger partial charge is 0.306 e. The number of fused-ring (bicyclic) bond motifs is 1. The number of carbonyl (C=O) groups excluding carboxylic acids is 1. The molecule has 5 N–H and O–H groups in total. The van der Waals surface area contributed by atoms with Crippen molar-refractivity contribution in [2.24, 2.45) is 0 Å². The van der Waals surface area contributed by atoms with Crippen LogP contribution in [-0.4, -0.2) is 88.6 Å². The summed E-state index contributed by atoms with van der Waals surface area (Å²) in [5, 5.41) is 52.9. The van der Waals surface area contributed by atoms with Crippen LogP contribution in [0.4, 0.5) is 0 Å². The molecule has 224 valence electrons. The van der Waals surface area contributed by atoms with Crippen LogP contribution in [0.3, 0.4) is 0 Å². The predicted molar refractivity (Wildman–Crippen MR) is 143 cm³/mol. The number of benzene rings is 1. The van der Waals surface area contributed by atoms with Crippen molar-refractivity contribution in [3.63, 3.8) is 0 Å². The van der Waals surface area contributed by atoms with E-state index in [2.05, 4.69) is 0 Å². The Bertz CT molecular complexity index is 1120. The number of hydrogen-bond acceptors (Lipinski definition) is 11. The van der Waals surface area contributed by atoms with Gasteiger partial charge in [0.25, 0.3) is 0 Å². The van der Waals surface area contributed by atoms with Crippen LogP contribution in [0.2, 0.25) is 0 Å². The van der Waals surface area contributed by atoms with Crippen molar-refractivity contribution < 1.29 is 53.7 Å². The van der Waals surface area contributed by atoms with E-state index < -0.39 is 36.8 Å². The number of ether oxygens (including phenoxy) is 4. The van der Waals surface area contributed by atoms with Crippen molar-refractivity contribution in [2.75, 3.05) is 26.9 Å². The van der Waals surface area contributed by atoms with Crippen molar-refractivity contribution in [3.05, 3.63) is 23.5 Å². The van der Waals surface area contributed by atoms with Crippen molar-refractivity contribution in [1.82, 2.24) is 0 Å². The zero-order chi connectivity index (χ0) is 28.9. The van der Waals surface area contributed by atoms with Crippen LogP contribution in [0.15, 0.2) is 16.7 Å². The summed E-state index contributed by atoms with van der Waals surface area (Å²) in [5.41, 5.74) is -0.0657. The molecule has 0 radical (unpaired) electrons. The van der Waals surface area contributed by atoms with Crippen LogP contribution in [0.25, 0.3) is 11.0 Å². The summed E-state index contributed by atoms with van der Waals surface area (Å²) in [6.07, 6.45) is 1.35. The van der Waals surface area contributed by atoms with E-state index in [0.717, 1.165) is 36.6 Å². The molecule has 4 rings (SSSR count). The average molecular weight is 567 g/mol. The van der Waals surface area contributed by atoms with E-state index >= 15 is 0 Å². The summed E-state index contributed by atoms with van der Waals surface area (Å²) >= 11 is 0. The summed E-state index contributed by atoms with van der Waals surface area (Å²) in [6, 6.07) is 1.89. The van der Waals surface area contributed by atoms with Crippen molar-refractivity contribution in [1.29, 1.82) is 0 Å². The first kappa shape index (κ1) is 30.5. The molecule has 1 aliphatic heterocycles. The first-order valence-electron chi connectivity index (χ1n) is 14.2. The van der Waals surface area contributed by atoms with E-state index in [1.165, 1.54) is 13.5 Å². The number of methoxy groups -OCH3 is 1. The van der Waals surface area contributed by atoms with Crippen LogP contribution >= 0.6 is 0 Å². The molecule has 1 aromatic carbocycles. The van der Waals surface area contributed by atoms with E-state index in [-0.39, 0.29) is 56.4 Å².